The van der Waals surface area contributed by atoms with Crippen LogP contribution in [0.2, 0.25) is 5.02 Å². The minimum absolute atomic E-state index is 0.0116. The lowest BCUT2D eigenvalue weighted by Crippen LogP contribution is -2.43. The fourth-order valence-electron chi connectivity index (χ4n) is 2.49. The van der Waals surface area contributed by atoms with Crippen LogP contribution in [-0.4, -0.2) is 31.0 Å². The standard InChI is InChI=1S/C15H18ClFN2O3/c16-13-6-5-12(7-14(13)17)22-8-15(21)19-11-3-1-10(2-4-11)18-9-20/h5-7,9-11H,1-4,8H2,(H,18,20)(H,19,21). The van der Waals surface area contributed by atoms with Gasteiger partial charge in [-0.05, 0) is 37.8 Å². The van der Waals surface area contributed by atoms with Crippen LogP contribution in [0, 0.1) is 5.82 Å². The molecule has 1 aromatic carbocycles. The molecule has 1 aliphatic carbocycles. The highest BCUT2D eigenvalue weighted by Gasteiger charge is 2.22. The third-order valence-corrected chi connectivity index (χ3v) is 3.96. The Bertz CT molecular complexity index is 534. The molecule has 2 N–H and O–H groups in total. The van der Waals surface area contributed by atoms with E-state index in [0.29, 0.717) is 6.41 Å². The lowest BCUT2D eigenvalue weighted by molar-refractivity contribution is -0.124. The molecule has 5 nitrogen and oxygen atoms in total. The molecule has 7 heteroatoms. The minimum Gasteiger partial charge on any atom is -0.484 e. The number of amides is 2. The average Bonchev–Trinajstić information content (AvgIpc) is 2.51. The van der Waals surface area contributed by atoms with Crippen LogP contribution in [0.15, 0.2) is 18.2 Å². The van der Waals surface area contributed by atoms with Crippen molar-refractivity contribution in [1.29, 1.82) is 0 Å². The van der Waals surface area contributed by atoms with Gasteiger partial charge in [0.1, 0.15) is 11.6 Å². The zero-order valence-electron chi connectivity index (χ0n) is 12.0. The SMILES string of the molecule is O=CNC1CCC(NC(=O)COc2ccc(Cl)c(F)c2)CC1. The molecular formula is C15H18ClFN2O3. The summed E-state index contributed by atoms with van der Waals surface area (Å²) < 4.78 is 18.5. The van der Waals surface area contributed by atoms with Gasteiger partial charge in [-0.15, -0.1) is 0 Å². The Kier molecular flexibility index (Phi) is 6.00. The first-order valence-corrected chi connectivity index (χ1v) is 7.53. The van der Waals surface area contributed by atoms with Gasteiger partial charge in [-0.2, -0.15) is 0 Å². The van der Waals surface area contributed by atoms with Gasteiger partial charge < -0.3 is 15.4 Å². The maximum absolute atomic E-state index is 13.2. The van der Waals surface area contributed by atoms with E-state index in [0.717, 1.165) is 31.7 Å². The molecule has 0 radical (unpaired) electrons. The molecule has 0 bridgehead atoms. The van der Waals surface area contributed by atoms with Crippen LogP contribution >= 0.6 is 11.6 Å². The maximum Gasteiger partial charge on any atom is 0.258 e. The quantitative estimate of drug-likeness (QED) is 0.785. The molecule has 22 heavy (non-hydrogen) atoms. The van der Waals surface area contributed by atoms with Gasteiger partial charge in [0.25, 0.3) is 5.91 Å². The zero-order chi connectivity index (χ0) is 15.9. The van der Waals surface area contributed by atoms with Crippen molar-refractivity contribution < 1.29 is 18.7 Å². The average molecular weight is 329 g/mol. The Hall–Kier alpha value is -1.82. The van der Waals surface area contributed by atoms with Crippen LogP contribution < -0.4 is 15.4 Å². The predicted octanol–water partition coefficient (Wildman–Crippen LogP) is 2.03. The van der Waals surface area contributed by atoms with E-state index < -0.39 is 5.82 Å². The van der Waals surface area contributed by atoms with Crippen molar-refractivity contribution in [2.24, 2.45) is 0 Å². The Balaban J connectivity index is 1.72. The smallest absolute Gasteiger partial charge is 0.258 e. The van der Waals surface area contributed by atoms with E-state index in [1.807, 2.05) is 0 Å². The van der Waals surface area contributed by atoms with Gasteiger partial charge in [0, 0.05) is 18.2 Å². The zero-order valence-corrected chi connectivity index (χ0v) is 12.7. The number of hydrogen-bond donors (Lipinski definition) is 2. The summed E-state index contributed by atoms with van der Waals surface area (Å²) in [7, 11) is 0. The Labute approximate surface area is 133 Å². The fraction of sp³-hybridized carbons (Fsp3) is 0.467. The number of carbonyl (C=O) groups excluding carboxylic acids is 2. The van der Waals surface area contributed by atoms with Crippen molar-refractivity contribution in [3.63, 3.8) is 0 Å². The summed E-state index contributed by atoms with van der Waals surface area (Å²) in [5.41, 5.74) is 0. The first kappa shape index (κ1) is 16.5. The summed E-state index contributed by atoms with van der Waals surface area (Å²) in [6, 6.07) is 4.31. The van der Waals surface area contributed by atoms with Crippen LogP contribution in [0.1, 0.15) is 25.7 Å². The van der Waals surface area contributed by atoms with Gasteiger partial charge in [-0.3, -0.25) is 9.59 Å². The van der Waals surface area contributed by atoms with Gasteiger partial charge in [-0.1, -0.05) is 11.6 Å². The molecule has 1 saturated carbocycles. The molecule has 2 rings (SSSR count). The van der Waals surface area contributed by atoms with E-state index >= 15 is 0 Å². The van der Waals surface area contributed by atoms with E-state index in [4.69, 9.17) is 16.3 Å². The number of benzene rings is 1. The van der Waals surface area contributed by atoms with E-state index in [1.165, 1.54) is 12.1 Å². The Morgan fingerprint density at radius 2 is 2.00 bits per heavy atom. The van der Waals surface area contributed by atoms with E-state index in [1.54, 1.807) is 0 Å². The summed E-state index contributed by atoms with van der Waals surface area (Å²) in [6.07, 6.45) is 4.02. The van der Waals surface area contributed by atoms with Crippen LogP contribution in [0.25, 0.3) is 0 Å². The highest BCUT2D eigenvalue weighted by molar-refractivity contribution is 6.30. The number of rotatable bonds is 6. The molecule has 2 amide bonds. The second-order valence-corrected chi connectivity index (χ2v) is 5.67. The minimum atomic E-state index is -0.583. The van der Waals surface area contributed by atoms with Crippen LogP contribution in [0.3, 0.4) is 0 Å². The molecular weight excluding hydrogens is 311 g/mol. The highest BCUT2D eigenvalue weighted by Crippen LogP contribution is 2.21. The largest absolute Gasteiger partial charge is 0.484 e. The highest BCUT2D eigenvalue weighted by atomic mass is 35.5. The van der Waals surface area contributed by atoms with Crippen LogP contribution in [0.4, 0.5) is 4.39 Å². The Morgan fingerprint density at radius 1 is 1.32 bits per heavy atom. The molecule has 0 spiro atoms. The van der Waals surface area contributed by atoms with E-state index in [9.17, 15) is 14.0 Å². The lowest BCUT2D eigenvalue weighted by atomic mass is 9.91. The molecule has 0 heterocycles. The Morgan fingerprint density at radius 3 is 2.64 bits per heavy atom. The first-order chi connectivity index (χ1) is 10.6. The third-order valence-electron chi connectivity index (χ3n) is 3.66. The maximum atomic E-state index is 13.2. The monoisotopic (exact) mass is 328 g/mol. The van der Waals surface area contributed by atoms with Crippen molar-refractivity contribution in [3.8, 4) is 5.75 Å². The molecule has 0 unspecified atom stereocenters. The molecule has 1 aromatic rings. The summed E-state index contributed by atoms with van der Waals surface area (Å²) in [4.78, 5) is 22.2. The number of ether oxygens (including phenoxy) is 1. The lowest BCUT2D eigenvalue weighted by Gasteiger charge is -2.28. The fourth-order valence-corrected chi connectivity index (χ4v) is 2.60. The van der Waals surface area contributed by atoms with Gasteiger partial charge in [0.15, 0.2) is 6.61 Å². The van der Waals surface area contributed by atoms with Crippen LogP contribution in [-0.2, 0) is 9.59 Å². The third kappa shape index (κ3) is 4.87. The van der Waals surface area contributed by atoms with Crippen molar-refractivity contribution >= 4 is 23.9 Å². The second-order valence-electron chi connectivity index (χ2n) is 5.27. The van der Waals surface area contributed by atoms with Crippen molar-refractivity contribution in [2.45, 2.75) is 37.8 Å². The number of nitrogens with one attached hydrogen (secondary N) is 2. The molecule has 1 aliphatic rings. The summed E-state index contributed by atoms with van der Waals surface area (Å²) in [6.45, 7) is -0.173. The topological polar surface area (TPSA) is 67.4 Å². The molecule has 0 atom stereocenters. The predicted molar refractivity (Wildman–Crippen MR) is 80.3 cm³/mol. The first-order valence-electron chi connectivity index (χ1n) is 7.15. The van der Waals surface area contributed by atoms with E-state index in [-0.39, 0.29) is 35.4 Å². The van der Waals surface area contributed by atoms with Crippen LogP contribution in [0.5, 0.6) is 5.75 Å². The van der Waals surface area contributed by atoms with Gasteiger partial charge >= 0.3 is 0 Å². The molecule has 1 fully saturated rings. The summed E-state index contributed by atoms with van der Waals surface area (Å²) in [5.74, 6) is -0.571. The number of hydrogen-bond acceptors (Lipinski definition) is 3. The number of halogens is 2. The summed E-state index contributed by atoms with van der Waals surface area (Å²) >= 11 is 5.57. The number of carbonyl (C=O) groups is 2. The second kappa shape index (κ2) is 7.98. The molecule has 120 valence electrons. The van der Waals surface area contributed by atoms with Crippen molar-refractivity contribution in [1.82, 2.24) is 10.6 Å². The molecule has 0 aliphatic heterocycles. The van der Waals surface area contributed by atoms with Gasteiger partial charge in [-0.25, -0.2) is 4.39 Å². The van der Waals surface area contributed by atoms with Crippen molar-refractivity contribution in [3.05, 3.63) is 29.0 Å². The molecule has 0 aromatic heterocycles. The van der Waals surface area contributed by atoms with Gasteiger partial charge in [0.05, 0.1) is 5.02 Å². The summed E-state index contributed by atoms with van der Waals surface area (Å²) in [5, 5.41) is 5.64. The van der Waals surface area contributed by atoms with Gasteiger partial charge in [0.2, 0.25) is 6.41 Å². The van der Waals surface area contributed by atoms with Crippen molar-refractivity contribution in [2.75, 3.05) is 6.61 Å². The molecule has 0 saturated heterocycles. The van der Waals surface area contributed by atoms with E-state index in [2.05, 4.69) is 10.6 Å². The normalized spacial score (nSPS) is 21.0.